The minimum Gasteiger partial charge on any atom is -0.458 e. The average molecular weight is 296 g/mol. The molecule has 4 aliphatic rings. The highest BCUT2D eigenvalue weighted by atomic mass is 16.7. The van der Waals surface area contributed by atoms with Crippen LogP contribution in [0.3, 0.4) is 0 Å². The quantitative estimate of drug-likeness (QED) is 0.743. The zero-order valence-corrected chi connectivity index (χ0v) is 13.1. The van der Waals surface area contributed by atoms with Crippen LogP contribution in [-0.2, 0) is 19.0 Å². The first kappa shape index (κ1) is 14.0. The summed E-state index contributed by atoms with van der Waals surface area (Å²) in [5.41, 5.74) is -1.32. The van der Waals surface area contributed by atoms with Crippen molar-refractivity contribution in [3.8, 4) is 0 Å². The number of aliphatic hydroxyl groups is 1. The molecule has 4 fully saturated rings. The van der Waals surface area contributed by atoms with Gasteiger partial charge in [0, 0.05) is 36.7 Å². The number of ether oxygens (including phenoxy) is 3. The zero-order valence-electron chi connectivity index (χ0n) is 13.1. The van der Waals surface area contributed by atoms with E-state index in [1.807, 2.05) is 6.92 Å². The maximum absolute atomic E-state index is 12.2. The van der Waals surface area contributed by atoms with E-state index < -0.39 is 17.5 Å². The Morgan fingerprint density at radius 3 is 2.76 bits per heavy atom. The first-order chi connectivity index (χ1) is 9.77. The van der Waals surface area contributed by atoms with E-state index in [-0.39, 0.29) is 28.6 Å². The Labute approximate surface area is 124 Å². The smallest absolute Gasteiger partial charge is 0.307 e. The molecule has 7 atom stereocenters. The van der Waals surface area contributed by atoms with Crippen LogP contribution in [0.15, 0.2) is 0 Å². The molecule has 2 heterocycles. The SMILES string of the molecule is CO[C@@]12C[C@@]34CC(=O)O[C@@]3(C[C@H](O)[C@@H]4C)[C@@](C)(CO1)[C@H]2C. The van der Waals surface area contributed by atoms with Gasteiger partial charge in [-0.15, -0.1) is 0 Å². The van der Waals surface area contributed by atoms with Crippen LogP contribution in [0.25, 0.3) is 0 Å². The molecule has 0 amide bonds. The number of carbonyl (C=O) groups excluding carboxylic acids is 1. The molecule has 0 aromatic heterocycles. The van der Waals surface area contributed by atoms with Crippen molar-refractivity contribution in [3.05, 3.63) is 0 Å². The van der Waals surface area contributed by atoms with E-state index in [0.717, 1.165) is 0 Å². The Balaban J connectivity index is 1.96. The minimum absolute atomic E-state index is 0.00648. The topological polar surface area (TPSA) is 65.0 Å². The Morgan fingerprint density at radius 1 is 1.38 bits per heavy atom. The predicted octanol–water partition coefficient (Wildman–Crippen LogP) is 1.48. The van der Waals surface area contributed by atoms with Gasteiger partial charge in [-0.1, -0.05) is 20.8 Å². The molecule has 5 heteroatoms. The molecular formula is C16H24O5. The normalized spacial score (nSPS) is 61.6. The summed E-state index contributed by atoms with van der Waals surface area (Å²) in [7, 11) is 1.68. The highest BCUT2D eigenvalue weighted by molar-refractivity contribution is 5.75. The second kappa shape index (κ2) is 3.63. The van der Waals surface area contributed by atoms with Crippen molar-refractivity contribution >= 4 is 5.97 Å². The van der Waals surface area contributed by atoms with Crippen LogP contribution in [0.1, 0.15) is 40.0 Å². The van der Waals surface area contributed by atoms with Crippen molar-refractivity contribution in [2.45, 2.75) is 57.5 Å². The summed E-state index contributed by atoms with van der Waals surface area (Å²) >= 11 is 0. The van der Waals surface area contributed by atoms with Crippen LogP contribution in [0.5, 0.6) is 0 Å². The minimum atomic E-state index is -0.662. The predicted molar refractivity (Wildman–Crippen MR) is 73.2 cm³/mol. The Bertz CT molecular complexity index is 521. The van der Waals surface area contributed by atoms with Gasteiger partial charge < -0.3 is 19.3 Å². The molecule has 0 aromatic carbocycles. The third-order valence-electron chi connectivity index (χ3n) is 7.56. The number of aliphatic hydroxyl groups excluding tert-OH is 1. The van der Waals surface area contributed by atoms with E-state index >= 15 is 0 Å². The molecule has 1 N–H and O–H groups in total. The van der Waals surface area contributed by atoms with E-state index in [0.29, 0.717) is 25.9 Å². The van der Waals surface area contributed by atoms with Gasteiger partial charge in [0.05, 0.1) is 19.1 Å². The first-order valence-electron chi connectivity index (χ1n) is 7.86. The van der Waals surface area contributed by atoms with Crippen LogP contribution in [-0.4, -0.2) is 42.3 Å². The van der Waals surface area contributed by atoms with Crippen molar-refractivity contribution in [1.82, 2.24) is 0 Å². The van der Waals surface area contributed by atoms with Gasteiger partial charge in [-0.25, -0.2) is 0 Å². The number of fused-ring (bicyclic) bond motifs is 2. The lowest BCUT2D eigenvalue weighted by molar-refractivity contribution is -0.270. The number of rotatable bonds is 1. The summed E-state index contributed by atoms with van der Waals surface area (Å²) in [5, 5.41) is 10.5. The highest BCUT2D eigenvalue weighted by Gasteiger charge is 2.83. The van der Waals surface area contributed by atoms with Gasteiger partial charge in [-0.2, -0.15) is 0 Å². The second-order valence-electron chi connectivity index (χ2n) is 7.81. The lowest BCUT2D eigenvalue weighted by Crippen LogP contribution is -2.65. The van der Waals surface area contributed by atoms with E-state index in [1.165, 1.54) is 0 Å². The Morgan fingerprint density at radius 2 is 2.10 bits per heavy atom. The molecule has 2 saturated heterocycles. The van der Waals surface area contributed by atoms with Gasteiger partial charge in [-0.3, -0.25) is 4.79 Å². The molecule has 0 spiro atoms. The molecule has 2 saturated carbocycles. The van der Waals surface area contributed by atoms with E-state index in [4.69, 9.17) is 14.2 Å². The fraction of sp³-hybridized carbons (Fsp3) is 0.938. The molecule has 21 heavy (non-hydrogen) atoms. The van der Waals surface area contributed by atoms with Crippen molar-refractivity contribution in [3.63, 3.8) is 0 Å². The van der Waals surface area contributed by atoms with Gasteiger partial charge in [0.15, 0.2) is 5.79 Å². The van der Waals surface area contributed by atoms with Gasteiger partial charge in [0.25, 0.3) is 0 Å². The van der Waals surface area contributed by atoms with Crippen LogP contribution >= 0.6 is 0 Å². The van der Waals surface area contributed by atoms with Crippen molar-refractivity contribution in [2.75, 3.05) is 13.7 Å². The lowest BCUT2D eigenvalue weighted by Gasteiger charge is -2.57. The third-order valence-corrected chi connectivity index (χ3v) is 7.56. The summed E-state index contributed by atoms with van der Waals surface area (Å²) in [6.07, 6.45) is 1.07. The Kier molecular flexibility index (Phi) is 2.42. The van der Waals surface area contributed by atoms with Crippen molar-refractivity contribution in [1.29, 1.82) is 0 Å². The lowest BCUT2D eigenvalue weighted by atomic mass is 9.48. The summed E-state index contributed by atoms with van der Waals surface area (Å²) in [4.78, 5) is 12.2. The van der Waals surface area contributed by atoms with Gasteiger partial charge >= 0.3 is 5.97 Å². The maximum Gasteiger partial charge on any atom is 0.307 e. The molecule has 118 valence electrons. The van der Waals surface area contributed by atoms with Crippen LogP contribution in [0.2, 0.25) is 0 Å². The zero-order chi connectivity index (χ0) is 15.3. The second-order valence-corrected chi connectivity index (χ2v) is 7.81. The molecule has 2 bridgehead atoms. The van der Waals surface area contributed by atoms with E-state index in [9.17, 15) is 9.90 Å². The summed E-state index contributed by atoms with van der Waals surface area (Å²) in [6.45, 7) is 6.80. The van der Waals surface area contributed by atoms with Gasteiger partial charge in [0.2, 0.25) is 0 Å². The fourth-order valence-corrected chi connectivity index (χ4v) is 6.06. The number of carbonyl (C=O) groups is 1. The molecular weight excluding hydrogens is 272 g/mol. The third kappa shape index (κ3) is 1.18. The van der Waals surface area contributed by atoms with Gasteiger partial charge in [-0.05, 0) is 5.92 Å². The van der Waals surface area contributed by atoms with E-state index in [1.54, 1.807) is 7.11 Å². The van der Waals surface area contributed by atoms with Crippen LogP contribution in [0, 0.1) is 22.7 Å². The number of methoxy groups -OCH3 is 1. The van der Waals surface area contributed by atoms with Crippen molar-refractivity contribution in [2.24, 2.45) is 22.7 Å². The molecule has 0 radical (unpaired) electrons. The standard InChI is InChI=1S/C16H24O5/c1-9-11(17)5-16-13(3)8-20-15(19-4,10(13)2)7-14(9,16)6-12(18)21-16/h9-11,17H,5-8H2,1-4H3/t9-,10+,11-,13-,14+,15-,16-/m0/s1. The Hall–Kier alpha value is -0.650. The summed E-state index contributed by atoms with van der Waals surface area (Å²) < 4.78 is 17.9. The molecule has 0 aromatic rings. The van der Waals surface area contributed by atoms with Crippen molar-refractivity contribution < 1.29 is 24.1 Å². The maximum atomic E-state index is 12.2. The first-order valence-corrected chi connectivity index (χ1v) is 7.86. The number of hydrogen-bond donors (Lipinski definition) is 1. The largest absolute Gasteiger partial charge is 0.458 e. The molecule has 2 aliphatic heterocycles. The molecule has 5 nitrogen and oxygen atoms in total. The van der Waals surface area contributed by atoms with Crippen LogP contribution < -0.4 is 0 Å². The number of esters is 1. The monoisotopic (exact) mass is 296 g/mol. The van der Waals surface area contributed by atoms with E-state index in [2.05, 4.69) is 13.8 Å². The fourth-order valence-electron chi connectivity index (χ4n) is 6.06. The summed E-state index contributed by atoms with van der Waals surface area (Å²) in [5.74, 6) is -0.677. The molecule has 4 rings (SSSR count). The molecule has 2 aliphatic carbocycles. The highest BCUT2D eigenvalue weighted by Crippen LogP contribution is 2.76. The average Bonchev–Trinajstić information content (AvgIpc) is 2.92. The van der Waals surface area contributed by atoms with Crippen LogP contribution in [0.4, 0.5) is 0 Å². The molecule has 0 unspecified atom stereocenters. The number of hydrogen-bond acceptors (Lipinski definition) is 5. The van der Waals surface area contributed by atoms with Gasteiger partial charge in [0.1, 0.15) is 5.60 Å². The summed E-state index contributed by atoms with van der Waals surface area (Å²) in [6, 6.07) is 0.